The Morgan fingerprint density at radius 2 is 1.73 bits per heavy atom. The van der Waals surface area contributed by atoms with Crippen molar-refractivity contribution in [3.63, 3.8) is 0 Å². The van der Waals surface area contributed by atoms with E-state index in [1.807, 2.05) is 0 Å². The second-order valence-corrected chi connectivity index (χ2v) is 8.45. The Labute approximate surface area is 116 Å². The van der Waals surface area contributed by atoms with Crippen LogP contribution in [0.5, 0.6) is 0 Å². The smallest absolute Gasteiger partial charge is 0.0566 e. The van der Waals surface area contributed by atoms with E-state index in [1.54, 1.807) is 0 Å². The van der Waals surface area contributed by atoms with Gasteiger partial charge < -0.3 is 0 Å². The molecule has 3 aliphatic carbocycles. The van der Waals surface area contributed by atoms with Crippen LogP contribution in [0.2, 0.25) is 0 Å². The van der Waals surface area contributed by atoms with Crippen molar-refractivity contribution in [1.82, 2.24) is 0 Å². The quantitative estimate of drug-likeness (QED) is 0.569. The molecule has 2 saturated carbocycles. The van der Waals surface area contributed by atoms with Crippen molar-refractivity contribution in [2.75, 3.05) is 0 Å². The summed E-state index contributed by atoms with van der Waals surface area (Å²) < 4.78 is 0.314. The van der Waals surface area contributed by atoms with Crippen molar-refractivity contribution >= 4 is 47.8 Å². The zero-order valence-corrected chi connectivity index (χ0v) is 13.1. The standard InChI is InChI=1S/C12H13Br3/c13-10-5-8-9(6-11(10)14)12(8,15)7-3-1-2-4-7/h1,3-4,8-11H,2,5-6H2/t8?,9?,10-,11-,12?/m0/s1. The fourth-order valence-corrected chi connectivity index (χ4v) is 5.53. The first-order valence-corrected chi connectivity index (χ1v) is 8.10. The van der Waals surface area contributed by atoms with Crippen LogP contribution in [0.1, 0.15) is 19.3 Å². The van der Waals surface area contributed by atoms with E-state index in [-0.39, 0.29) is 0 Å². The molecule has 0 aromatic carbocycles. The van der Waals surface area contributed by atoms with Crippen molar-refractivity contribution in [1.29, 1.82) is 0 Å². The molecule has 0 spiro atoms. The summed E-state index contributed by atoms with van der Waals surface area (Å²) in [5, 5.41) is 0. The molecule has 0 N–H and O–H groups in total. The summed E-state index contributed by atoms with van der Waals surface area (Å²) in [6.07, 6.45) is 10.6. The van der Waals surface area contributed by atoms with Crippen molar-refractivity contribution in [3.8, 4) is 0 Å². The predicted octanol–water partition coefficient (Wildman–Crippen LogP) is 4.57. The zero-order valence-electron chi connectivity index (χ0n) is 8.30. The molecular formula is C12H13Br3. The number of alkyl halides is 3. The number of allylic oxidation sites excluding steroid dienone is 4. The average molecular weight is 397 g/mol. The Morgan fingerprint density at radius 3 is 2.20 bits per heavy atom. The molecule has 0 aromatic heterocycles. The molecule has 3 rings (SSSR count). The van der Waals surface area contributed by atoms with Crippen molar-refractivity contribution in [2.45, 2.75) is 33.2 Å². The van der Waals surface area contributed by atoms with Crippen molar-refractivity contribution in [2.24, 2.45) is 11.8 Å². The summed E-state index contributed by atoms with van der Waals surface area (Å²) in [7, 11) is 0. The van der Waals surface area contributed by atoms with Gasteiger partial charge in [0.25, 0.3) is 0 Å². The number of fused-ring (bicyclic) bond motifs is 1. The van der Waals surface area contributed by atoms with Gasteiger partial charge in [-0.15, -0.1) is 0 Å². The maximum absolute atomic E-state index is 4.00. The molecule has 0 heterocycles. The van der Waals surface area contributed by atoms with E-state index in [9.17, 15) is 0 Å². The Bertz CT molecular complexity index is 329. The van der Waals surface area contributed by atoms with Crippen LogP contribution in [0.25, 0.3) is 0 Å². The molecule has 0 nitrogen and oxygen atoms in total. The van der Waals surface area contributed by atoms with Gasteiger partial charge in [0, 0.05) is 9.65 Å². The molecule has 3 heteroatoms. The van der Waals surface area contributed by atoms with Crippen LogP contribution in [0.15, 0.2) is 23.8 Å². The fraction of sp³-hybridized carbons (Fsp3) is 0.667. The molecule has 82 valence electrons. The Morgan fingerprint density at radius 1 is 1.13 bits per heavy atom. The summed E-state index contributed by atoms with van der Waals surface area (Å²) in [4.78, 5) is 1.29. The predicted molar refractivity (Wildman–Crippen MR) is 75.1 cm³/mol. The summed E-state index contributed by atoms with van der Waals surface area (Å²) in [6, 6.07) is 0. The van der Waals surface area contributed by atoms with Gasteiger partial charge in [0.05, 0.1) is 4.32 Å². The lowest BCUT2D eigenvalue weighted by atomic mass is 10.0. The van der Waals surface area contributed by atoms with E-state index in [0.717, 1.165) is 18.3 Å². The molecule has 3 aliphatic rings. The molecule has 2 unspecified atom stereocenters. The average Bonchev–Trinajstić information content (AvgIpc) is 2.70. The molecule has 15 heavy (non-hydrogen) atoms. The molecule has 2 fully saturated rings. The maximum atomic E-state index is 4.00. The SMILES string of the molecule is Br[C@H]1CC2C(C[C@@H]1Br)C2(Br)C1=CCC=C1. The maximum Gasteiger partial charge on any atom is 0.0566 e. The number of hydrogen-bond donors (Lipinski definition) is 0. The third-order valence-corrected chi connectivity index (χ3v) is 8.39. The minimum absolute atomic E-state index is 0.314. The summed E-state index contributed by atoms with van der Waals surface area (Å²) in [6.45, 7) is 0. The van der Waals surface area contributed by atoms with Gasteiger partial charge in [-0.2, -0.15) is 0 Å². The molecule has 4 atom stereocenters. The van der Waals surface area contributed by atoms with Gasteiger partial charge in [-0.1, -0.05) is 66.0 Å². The van der Waals surface area contributed by atoms with Crippen LogP contribution in [0.4, 0.5) is 0 Å². The monoisotopic (exact) mass is 394 g/mol. The molecule has 0 amide bonds. The number of halogens is 3. The highest BCUT2D eigenvalue weighted by atomic mass is 79.9. The summed E-state index contributed by atoms with van der Waals surface area (Å²) >= 11 is 11.6. The van der Waals surface area contributed by atoms with E-state index >= 15 is 0 Å². The number of rotatable bonds is 1. The summed E-state index contributed by atoms with van der Waals surface area (Å²) in [5.41, 5.74) is 1.53. The third-order valence-electron chi connectivity index (χ3n) is 4.02. The lowest BCUT2D eigenvalue weighted by Crippen LogP contribution is -2.20. The first-order valence-electron chi connectivity index (χ1n) is 5.48. The van der Waals surface area contributed by atoms with Crippen LogP contribution in [-0.2, 0) is 0 Å². The Kier molecular flexibility index (Phi) is 2.73. The van der Waals surface area contributed by atoms with Gasteiger partial charge in [0.2, 0.25) is 0 Å². The highest BCUT2D eigenvalue weighted by Gasteiger charge is 2.66. The fourth-order valence-electron chi connectivity index (χ4n) is 3.12. The van der Waals surface area contributed by atoms with Gasteiger partial charge in [0.15, 0.2) is 0 Å². The third kappa shape index (κ3) is 1.56. The lowest BCUT2D eigenvalue weighted by molar-refractivity contribution is 0.512. The Balaban J connectivity index is 1.83. The van der Waals surface area contributed by atoms with E-state index in [0.29, 0.717) is 14.0 Å². The first kappa shape index (κ1) is 11.0. The molecule has 0 aliphatic heterocycles. The molecule has 0 bridgehead atoms. The van der Waals surface area contributed by atoms with E-state index in [4.69, 9.17) is 0 Å². The Hall–Kier alpha value is 0.920. The van der Waals surface area contributed by atoms with E-state index in [2.05, 4.69) is 66.0 Å². The summed E-state index contributed by atoms with van der Waals surface area (Å²) in [5.74, 6) is 1.68. The highest BCUT2D eigenvalue weighted by molar-refractivity contribution is 9.12. The van der Waals surface area contributed by atoms with Crippen LogP contribution in [0.3, 0.4) is 0 Å². The van der Waals surface area contributed by atoms with Gasteiger partial charge in [-0.25, -0.2) is 0 Å². The van der Waals surface area contributed by atoms with Gasteiger partial charge in [-0.3, -0.25) is 0 Å². The van der Waals surface area contributed by atoms with E-state index in [1.165, 1.54) is 18.4 Å². The normalized spacial score (nSPS) is 52.6. The minimum atomic E-state index is 0.314. The topological polar surface area (TPSA) is 0 Å². The van der Waals surface area contributed by atoms with Gasteiger partial charge in [0.1, 0.15) is 0 Å². The second-order valence-electron chi connectivity index (χ2n) is 4.78. The van der Waals surface area contributed by atoms with Gasteiger partial charge >= 0.3 is 0 Å². The van der Waals surface area contributed by atoms with Gasteiger partial charge in [-0.05, 0) is 36.7 Å². The molecule has 0 saturated heterocycles. The van der Waals surface area contributed by atoms with Crippen molar-refractivity contribution in [3.05, 3.63) is 23.8 Å². The number of hydrogen-bond acceptors (Lipinski definition) is 0. The van der Waals surface area contributed by atoms with Crippen LogP contribution in [-0.4, -0.2) is 14.0 Å². The second kappa shape index (κ2) is 3.71. The van der Waals surface area contributed by atoms with Crippen LogP contribution >= 0.6 is 47.8 Å². The van der Waals surface area contributed by atoms with E-state index < -0.39 is 0 Å². The lowest BCUT2D eigenvalue weighted by Gasteiger charge is -2.20. The van der Waals surface area contributed by atoms with Crippen LogP contribution < -0.4 is 0 Å². The largest absolute Gasteiger partial charge is 0.0878 e. The minimum Gasteiger partial charge on any atom is -0.0878 e. The molecule has 0 radical (unpaired) electrons. The highest BCUT2D eigenvalue weighted by Crippen LogP contribution is 2.69. The molecule has 0 aromatic rings. The van der Waals surface area contributed by atoms with Crippen LogP contribution in [0, 0.1) is 11.8 Å². The zero-order chi connectivity index (χ0) is 10.6. The van der Waals surface area contributed by atoms with Crippen molar-refractivity contribution < 1.29 is 0 Å². The first-order chi connectivity index (χ1) is 7.14. The molecular weight excluding hydrogens is 384 g/mol.